The lowest BCUT2D eigenvalue weighted by Crippen LogP contribution is -2.46. The molecule has 22 heavy (non-hydrogen) atoms. The van der Waals surface area contributed by atoms with Crippen molar-refractivity contribution >= 4 is 36.4 Å². The molecule has 1 saturated heterocycles. The van der Waals surface area contributed by atoms with E-state index in [-0.39, 0.29) is 29.8 Å². The number of alkyl halides is 3. The molecule has 128 valence electrons. The quantitative estimate of drug-likeness (QED) is 0.786. The Kier molecular flexibility index (Phi) is 9.02. The molecule has 0 bridgehead atoms. The van der Waals surface area contributed by atoms with Gasteiger partial charge < -0.3 is 5.32 Å². The molecule has 0 unspecified atom stereocenters. The van der Waals surface area contributed by atoms with Crippen molar-refractivity contribution in [2.24, 2.45) is 0 Å². The maximum absolute atomic E-state index is 13.5. The van der Waals surface area contributed by atoms with E-state index in [2.05, 4.69) is 5.32 Å². The highest BCUT2D eigenvalue weighted by Crippen LogP contribution is 2.34. The summed E-state index contributed by atoms with van der Waals surface area (Å²) in [6, 6.07) is 2.99. The van der Waals surface area contributed by atoms with E-state index < -0.39 is 24.5 Å². The molecule has 0 radical (unpaired) electrons. The van der Waals surface area contributed by atoms with E-state index in [9.17, 15) is 17.6 Å². The highest BCUT2D eigenvalue weighted by atomic mass is 35.5. The Labute approximate surface area is 144 Å². The van der Waals surface area contributed by atoms with Gasteiger partial charge in [-0.2, -0.15) is 13.2 Å². The third-order valence-corrected chi connectivity index (χ3v) is 3.65. The molecule has 1 aliphatic heterocycles. The molecule has 2 nitrogen and oxygen atoms in total. The lowest BCUT2D eigenvalue weighted by atomic mass is 10.0. The van der Waals surface area contributed by atoms with Gasteiger partial charge in [-0.15, -0.1) is 24.8 Å². The number of nitrogens with one attached hydrogen (secondary N) is 1. The van der Waals surface area contributed by atoms with Crippen molar-refractivity contribution in [1.29, 1.82) is 0 Å². The van der Waals surface area contributed by atoms with Gasteiger partial charge in [-0.3, -0.25) is 4.90 Å². The molecule has 2 rings (SSSR count). The third-order valence-electron chi connectivity index (χ3n) is 3.35. The largest absolute Gasteiger partial charge is 0.390 e. The maximum Gasteiger partial charge on any atom is 0.390 e. The van der Waals surface area contributed by atoms with Crippen molar-refractivity contribution in [3.63, 3.8) is 0 Å². The van der Waals surface area contributed by atoms with Gasteiger partial charge in [0.15, 0.2) is 0 Å². The number of halogens is 7. The van der Waals surface area contributed by atoms with E-state index in [1.165, 1.54) is 12.1 Å². The Balaban J connectivity index is 0.00000220. The lowest BCUT2D eigenvalue weighted by Gasteiger charge is -2.35. The van der Waals surface area contributed by atoms with Crippen LogP contribution in [-0.4, -0.2) is 37.3 Å². The summed E-state index contributed by atoms with van der Waals surface area (Å²) in [6.07, 6.45) is -5.29. The summed E-state index contributed by atoms with van der Waals surface area (Å²) in [5.74, 6) is -0.688. The molecule has 1 aromatic rings. The zero-order valence-electron chi connectivity index (χ0n) is 11.5. The van der Waals surface area contributed by atoms with Crippen LogP contribution in [0, 0.1) is 5.82 Å². The molecule has 0 aromatic heterocycles. The van der Waals surface area contributed by atoms with Crippen molar-refractivity contribution < 1.29 is 17.6 Å². The standard InChI is InChI=1S/C13H15ClF4N2.2ClH/c14-10-2-1-9(7-11(10)15)12(8-13(16,17)18)20-5-3-19-4-6-20;;/h1-2,7,12,19H,3-6,8H2;2*1H/t12-;;/m0../s1. The van der Waals surface area contributed by atoms with Crippen LogP contribution in [0.2, 0.25) is 5.02 Å². The zero-order chi connectivity index (χ0) is 14.8. The van der Waals surface area contributed by atoms with Crippen LogP contribution < -0.4 is 5.32 Å². The van der Waals surface area contributed by atoms with E-state index in [4.69, 9.17) is 11.6 Å². The van der Waals surface area contributed by atoms with Crippen LogP contribution in [0.1, 0.15) is 18.0 Å². The first-order valence-corrected chi connectivity index (χ1v) is 6.71. The average molecular weight is 384 g/mol. The van der Waals surface area contributed by atoms with Crippen LogP contribution in [0.5, 0.6) is 0 Å². The van der Waals surface area contributed by atoms with E-state index >= 15 is 0 Å². The fourth-order valence-corrected chi connectivity index (χ4v) is 2.51. The molecular weight excluding hydrogens is 367 g/mol. The molecule has 0 spiro atoms. The predicted octanol–water partition coefficient (Wildman–Crippen LogP) is 4.22. The summed E-state index contributed by atoms with van der Waals surface area (Å²) in [6.45, 7) is 2.27. The monoisotopic (exact) mass is 382 g/mol. The first-order chi connectivity index (χ1) is 9.37. The molecule has 0 aliphatic carbocycles. The first-order valence-electron chi connectivity index (χ1n) is 6.33. The molecule has 1 heterocycles. The molecule has 1 atom stereocenters. The van der Waals surface area contributed by atoms with E-state index in [1.54, 1.807) is 4.90 Å². The van der Waals surface area contributed by atoms with Gasteiger partial charge in [-0.05, 0) is 17.7 Å². The number of rotatable bonds is 3. The normalized spacial score (nSPS) is 17.3. The van der Waals surface area contributed by atoms with Crippen LogP contribution in [0.25, 0.3) is 0 Å². The summed E-state index contributed by atoms with van der Waals surface area (Å²) < 4.78 is 51.8. The molecule has 1 aliphatic rings. The summed E-state index contributed by atoms with van der Waals surface area (Å²) in [5, 5.41) is 3.00. The molecular formula is C13H17Cl3F4N2. The summed E-state index contributed by atoms with van der Waals surface area (Å²) in [5.41, 5.74) is 0.311. The Morgan fingerprint density at radius 3 is 2.27 bits per heavy atom. The van der Waals surface area contributed by atoms with Gasteiger partial charge >= 0.3 is 6.18 Å². The number of piperazine rings is 1. The number of hydrogen-bond acceptors (Lipinski definition) is 2. The number of benzene rings is 1. The van der Waals surface area contributed by atoms with Crippen LogP contribution in [0.15, 0.2) is 18.2 Å². The van der Waals surface area contributed by atoms with Gasteiger partial charge in [0, 0.05) is 32.2 Å². The second-order valence-corrected chi connectivity index (χ2v) is 5.20. The van der Waals surface area contributed by atoms with E-state index in [0.29, 0.717) is 31.7 Å². The third kappa shape index (κ3) is 6.08. The van der Waals surface area contributed by atoms with Crippen LogP contribution >= 0.6 is 36.4 Å². The van der Waals surface area contributed by atoms with E-state index in [1.807, 2.05) is 0 Å². The second-order valence-electron chi connectivity index (χ2n) is 4.79. The fraction of sp³-hybridized carbons (Fsp3) is 0.538. The van der Waals surface area contributed by atoms with Crippen LogP contribution in [0.3, 0.4) is 0 Å². The minimum atomic E-state index is -4.30. The Morgan fingerprint density at radius 2 is 1.77 bits per heavy atom. The first kappa shape index (κ1) is 21.7. The topological polar surface area (TPSA) is 15.3 Å². The molecule has 1 aromatic carbocycles. The Bertz CT molecular complexity index is 465. The predicted molar refractivity (Wildman–Crippen MR) is 83.8 cm³/mol. The van der Waals surface area contributed by atoms with Gasteiger partial charge in [0.2, 0.25) is 0 Å². The van der Waals surface area contributed by atoms with Crippen molar-refractivity contribution in [3.8, 4) is 0 Å². The minimum Gasteiger partial charge on any atom is -0.314 e. The van der Waals surface area contributed by atoms with Crippen molar-refractivity contribution in [1.82, 2.24) is 10.2 Å². The zero-order valence-corrected chi connectivity index (χ0v) is 13.9. The fourth-order valence-electron chi connectivity index (χ4n) is 2.39. The maximum atomic E-state index is 13.5. The lowest BCUT2D eigenvalue weighted by molar-refractivity contribution is -0.148. The smallest absolute Gasteiger partial charge is 0.314 e. The van der Waals surface area contributed by atoms with Crippen molar-refractivity contribution in [2.75, 3.05) is 26.2 Å². The Hall–Kier alpha value is -0.270. The van der Waals surface area contributed by atoms with E-state index in [0.717, 1.165) is 6.07 Å². The average Bonchev–Trinajstić information content (AvgIpc) is 2.39. The van der Waals surface area contributed by atoms with Crippen molar-refractivity contribution in [3.05, 3.63) is 34.6 Å². The van der Waals surface area contributed by atoms with Gasteiger partial charge in [0.25, 0.3) is 0 Å². The van der Waals surface area contributed by atoms with Gasteiger partial charge in [-0.25, -0.2) is 4.39 Å². The van der Waals surface area contributed by atoms with Gasteiger partial charge in [0.05, 0.1) is 11.4 Å². The van der Waals surface area contributed by atoms with Gasteiger partial charge in [0.1, 0.15) is 5.82 Å². The molecule has 1 fully saturated rings. The molecule has 9 heteroatoms. The summed E-state index contributed by atoms with van der Waals surface area (Å²) >= 11 is 5.58. The van der Waals surface area contributed by atoms with Crippen LogP contribution in [-0.2, 0) is 0 Å². The van der Waals surface area contributed by atoms with Gasteiger partial charge in [-0.1, -0.05) is 17.7 Å². The minimum absolute atomic E-state index is 0. The summed E-state index contributed by atoms with van der Waals surface area (Å²) in [7, 11) is 0. The number of hydrogen-bond donors (Lipinski definition) is 1. The second kappa shape index (κ2) is 9.13. The molecule has 0 saturated carbocycles. The molecule has 0 amide bonds. The van der Waals surface area contributed by atoms with Crippen molar-refractivity contribution in [2.45, 2.75) is 18.6 Å². The SMILES string of the molecule is Cl.Cl.Fc1cc([C@H](CC(F)(F)F)N2CCNCC2)ccc1Cl. The Morgan fingerprint density at radius 1 is 1.18 bits per heavy atom. The highest BCUT2D eigenvalue weighted by molar-refractivity contribution is 6.30. The van der Waals surface area contributed by atoms with Crippen LogP contribution in [0.4, 0.5) is 17.6 Å². The number of nitrogens with zero attached hydrogens (tertiary/aromatic N) is 1. The highest BCUT2D eigenvalue weighted by Gasteiger charge is 2.36. The summed E-state index contributed by atoms with van der Waals surface area (Å²) in [4.78, 5) is 1.73. The molecule has 1 N–H and O–H groups in total.